The molecule has 0 unspecified atom stereocenters. The number of aliphatic hydroxyl groups excluding tert-OH is 1. The Balaban J connectivity index is 2.55. The minimum atomic E-state index is 0.0343. The van der Waals surface area contributed by atoms with Gasteiger partial charge in [0.25, 0.3) is 0 Å². The summed E-state index contributed by atoms with van der Waals surface area (Å²) < 4.78 is 0. The van der Waals surface area contributed by atoms with Crippen molar-refractivity contribution in [1.29, 1.82) is 0 Å². The molecule has 4 N–H and O–H groups in total. The van der Waals surface area contributed by atoms with Crippen molar-refractivity contribution in [2.45, 2.75) is 45.6 Å². The molecule has 0 saturated heterocycles. The van der Waals surface area contributed by atoms with E-state index in [2.05, 4.69) is 5.16 Å². The molecule has 0 radical (unpaired) electrons. The van der Waals surface area contributed by atoms with E-state index in [0.29, 0.717) is 17.9 Å². The molecule has 0 aromatic carbocycles. The zero-order valence-corrected chi connectivity index (χ0v) is 12.7. The maximum Gasteiger partial charge on any atom is 0.173 e. The fourth-order valence-electron chi connectivity index (χ4n) is 2.80. The highest BCUT2D eigenvalue weighted by Gasteiger charge is 2.22. The molecule has 0 bridgehead atoms. The normalized spacial score (nSPS) is 15.1. The average Bonchev–Trinajstić information content (AvgIpc) is 2.50. The van der Waals surface area contributed by atoms with Crippen LogP contribution in [0, 0.1) is 0 Å². The van der Waals surface area contributed by atoms with Gasteiger partial charge in [-0.1, -0.05) is 5.16 Å². The monoisotopic (exact) mass is 292 g/mol. The summed E-state index contributed by atoms with van der Waals surface area (Å²) in [6.45, 7) is 4.57. The smallest absolute Gasteiger partial charge is 0.173 e. The number of amidine groups is 1. The second-order valence-electron chi connectivity index (χ2n) is 5.67. The lowest BCUT2D eigenvalue weighted by molar-refractivity contribution is 0.298. The van der Waals surface area contributed by atoms with Crippen LogP contribution in [0.15, 0.2) is 11.2 Å². The lowest BCUT2D eigenvalue weighted by atomic mass is 9.94. The Morgan fingerprint density at radius 2 is 2.14 bits per heavy atom. The summed E-state index contributed by atoms with van der Waals surface area (Å²) in [5.74, 6) is 0.754. The topological polar surface area (TPSA) is 95.0 Å². The third-order valence-electron chi connectivity index (χ3n) is 3.90. The third kappa shape index (κ3) is 3.26. The maximum atomic E-state index is 9.29. The van der Waals surface area contributed by atoms with E-state index in [1.165, 1.54) is 5.56 Å². The zero-order valence-electron chi connectivity index (χ0n) is 12.7. The molecule has 0 atom stereocenters. The minimum absolute atomic E-state index is 0.0343. The number of anilines is 1. The molecule has 0 amide bonds. The summed E-state index contributed by atoms with van der Waals surface area (Å²) in [6.07, 6.45) is 4.23. The van der Waals surface area contributed by atoms with Crippen molar-refractivity contribution < 1.29 is 10.3 Å². The number of oxime groups is 1. The molecule has 1 aliphatic carbocycles. The number of fused-ring (bicyclic) bond motifs is 1. The van der Waals surface area contributed by atoms with Crippen LogP contribution in [0.25, 0.3) is 0 Å². The zero-order chi connectivity index (χ0) is 15.4. The van der Waals surface area contributed by atoms with Crippen molar-refractivity contribution in [3.8, 4) is 0 Å². The molecule has 0 saturated carbocycles. The molecule has 1 aromatic rings. The van der Waals surface area contributed by atoms with E-state index in [9.17, 15) is 5.11 Å². The SMILES string of the molecule is CC(C)N(CCO)c1nc2c(cc1C(N)=NO)CCCC2. The van der Waals surface area contributed by atoms with E-state index in [4.69, 9.17) is 15.9 Å². The van der Waals surface area contributed by atoms with Crippen molar-refractivity contribution in [2.24, 2.45) is 10.9 Å². The summed E-state index contributed by atoms with van der Waals surface area (Å²) in [5.41, 5.74) is 8.74. The largest absolute Gasteiger partial charge is 0.409 e. The summed E-state index contributed by atoms with van der Waals surface area (Å²) in [7, 11) is 0. The summed E-state index contributed by atoms with van der Waals surface area (Å²) in [5, 5.41) is 21.5. The molecule has 21 heavy (non-hydrogen) atoms. The van der Waals surface area contributed by atoms with Crippen LogP contribution in [0.3, 0.4) is 0 Å². The van der Waals surface area contributed by atoms with Crippen molar-refractivity contribution in [1.82, 2.24) is 4.98 Å². The second-order valence-corrected chi connectivity index (χ2v) is 5.67. The number of aromatic nitrogens is 1. The molecule has 1 aliphatic rings. The molecule has 6 nitrogen and oxygen atoms in total. The summed E-state index contributed by atoms with van der Waals surface area (Å²) in [4.78, 5) is 6.75. The number of nitrogens with two attached hydrogens (primary N) is 1. The van der Waals surface area contributed by atoms with Gasteiger partial charge < -0.3 is 20.9 Å². The van der Waals surface area contributed by atoms with Crippen LogP contribution >= 0.6 is 0 Å². The standard InChI is InChI=1S/C15H24N4O2/c1-10(2)19(7-8-20)15-12(14(16)18-21)9-11-5-3-4-6-13(11)17-15/h9-10,20-21H,3-8H2,1-2H3,(H2,16,18). The fourth-order valence-corrected chi connectivity index (χ4v) is 2.80. The molecule has 6 heteroatoms. The summed E-state index contributed by atoms with van der Waals surface area (Å²) >= 11 is 0. The van der Waals surface area contributed by atoms with Gasteiger partial charge in [0, 0.05) is 18.3 Å². The van der Waals surface area contributed by atoms with Gasteiger partial charge in [0.2, 0.25) is 0 Å². The Bertz CT molecular complexity index is 529. The van der Waals surface area contributed by atoms with E-state index < -0.39 is 0 Å². The third-order valence-corrected chi connectivity index (χ3v) is 3.90. The number of rotatable bonds is 5. The highest BCUT2D eigenvalue weighted by Crippen LogP contribution is 2.27. The Hall–Kier alpha value is -1.82. The van der Waals surface area contributed by atoms with Crippen molar-refractivity contribution in [3.05, 3.63) is 22.9 Å². The van der Waals surface area contributed by atoms with Crippen LogP contribution in [-0.4, -0.2) is 40.3 Å². The van der Waals surface area contributed by atoms with Gasteiger partial charge in [0.15, 0.2) is 5.84 Å². The number of pyridine rings is 1. The van der Waals surface area contributed by atoms with Crippen molar-refractivity contribution in [3.63, 3.8) is 0 Å². The van der Waals surface area contributed by atoms with Crippen LogP contribution < -0.4 is 10.6 Å². The number of nitrogens with zero attached hydrogens (tertiary/aromatic N) is 3. The van der Waals surface area contributed by atoms with Crippen LogP contribution in [0.1, 0.15) is 43.5 Å². The molecule has 0 spiro atoms. The Morgan fingerprint density at radius 1 is 1.43 bits per heavy atom. The predicted molar refractivity (Wildman–Crippen MR) is 83.0 cm³/mol. The van der Waals surface area contributed by atoms with Crippen molar-refractivity contribution in [2.75, 3.05) is 18.1 Å². The number of hydrogen-bond acceptors (Lipinski definition) is 5. The molecular formula is C15H24N4O2. The minimum Gasteiger partial charge on any atom is -0.409 e. The fraction of sp³-hybridized carbons (Fsp3) is 0.600. The Morgan fingerprint density at radius 3 is 2.76 bits per heavy atom. The lowest BCUT2D eigenvalue weighted by Gasteiger charge is -2.30. The van der Waals surface area contributed by atoms with Gasteiger partial charge in [-0.05, 0) is 51.2 Å². The van der Waals surface area contributed by atoms with Crippen LogP contribution in [0.5, 0.6) is 0 Å². The molecule has 1 aromatic heterocycles. The molecule has 0 aliphatic heterocycles. The Kier molecular flexibility index (Phi) is 5.01. The molecular weight excluding hydrogens is 268 g/mol. The van der Waals surface area contributed by atoms with Crippen molar-refractivity contribution >= 4 is 11.7 Å². The first kappa shape index (κ1) is 15.6. The predicted octanol–water partition coefficient (Wildman–Crippen LogP) is 1.26. The first-order valence-corrected chi connectivity index (χ1v) is 7.46. The van der Waals surface area contributed by atoms with Gasteiger partial charge in [-0.2, -0.15) is 0 Å². The van der Waals surface area contributed by atoms with E-state index in [0.717, 1.165) is 31.4 Å². The Labute approximate surface area is 125 Å². The van der Waals surface area contributed by atoms with E-state index >= 15 is 0 Å². The van der Waals surface area contributed by atoms with Gasteiger partial charge in [-0.15, -0.1) is 0 Å². The highest BCUT2D eigenvalue weighted by atomic mass is 16.4. The number of hydrogen-bond donors (Lipinski definition) is 3. The van der Waals surface area contributed by atoms with Gasteiger partial charge in [-0.25, -0.2) is 4.98 Å². The average molecular weight is 292 g/mol. The van der Waals surface area contributed by atoms with Crippen LogP contribution in [0.4, 0.5) is 5.82 Å². The quantitative estimate of drug-likeness (QED) is 0.329. The van der Waals surface area contributed by atoms with Gasteiger partial charge in [-0.3, -0.25) is 0 Å². The van der Waals surface area contributed by atoms with E-state index in [-0.39, 0.29) is 18.5 Å². The van der Waals surface area contributed by atoms with Gasteiger partial charge >= 0.3 is 0 Å². The first-order valence-electron chi connectivity index (χ1n) is 7.46. The van der Waals surface area contributed by atoms with Gasteiger partial charge in [0.1, 0.15) is 5.82 Å². The first-order chi connectivity index (χ1) is 10.1. The lowest BCUT2D eigenvalue weighted by Crippen LogP contribution is -2.36. The molecule has 1 heterocycles. The van der Waals surface area contributed by atoms with Gasteiger partial charge in [0.05, 0.1) is 12.2 Å². The highest BCUT2D eigenvalue weighted by molar-refractivity contribution is 6.01. The van der Waals surface area contributed by atoms with Crippen LogP contribution in [0.2, 0.25) is 0 Å². The molecule has 2 rings (SSSR count). The molecule has 0 fully saturated rings. The maximum absolute atomic E-state index is 9.29. The van der Waals surface area contributed by atoms with E-state index in [1.807, 2.05) is 24.8 Å². The molecule has 116 valence electrons. The number of aliphatic hydroxyl groups is 1. The van der Waals surface area contributed by atoms with E-state index in [1.54, 1.807) is 0 Å². The second kappa shape index (κ2) is 6.76. The number of aryl methyl sites for hydroxylation is 2. The van der Waals surface area contributed by atoms with Crippen LogP contribution in [-0.2, 0) is 12.8 Å². The summed E-state index contributed by atoms with van der Waals surface area (Å²) in [6, 6.07) is 2.15.